The smallest absolute Gasteiger partial charge is 0.257 e. The van der Waals surface area contributed by atoms with Crippen molar-refractivity contribution in [3.8, 4) is 17.2 Å². The lowest BCUT2D eigenvalue weighted by molar-refractivity contribution is -0.130. The number of nitrogens with one attached hydrogen (secondary N) is 1. The standard InChI is InChI=1S/C18H22N2O6/c1-20-6-5-10-11(8-19-17(21)12-4-3-7-24-12)14-16(26-9-25-14)15(23-2)13(10)18(20)22/h12H,3-9H2,1-2H3,(H,19,21). The third-order valence-corrected chi connectivity index (χ3v) is 5.11. The second kappa shape index (κ2) is 6.68. The van der Waals surface area contributed by atoms with E-state index in [0.717, 1.165) is 24.0 Å². The molecule has 0 saturated carbocycles. The summed E-state index contributed by atoms with van der Waals surface area (Å²) in [5, 5.41) is 2.92. The van der Waals surface area contributed by atoms with E-state index >= 15 is 0 Å². The summed E-state index contributed by atoms with van der Waals surface area (Å²) >= 11 is 0. The number of ether oxygens (including phenoxy) is 4. The van der Waals surface area contributed by atoms with E-state index in [0.29, 0.717) is 42.4 Å². The van der Waals surface area contributed by atoms with Crippen LogP contribution in [0.25, 0.3) is 0 Å². The molecule has 140 valence electrons. The molecule has 0 bridgehead atoms. The van der Waals surface area contributed by atoms with Crippen LogP contribution < -0.4 is 19.5 Å². The zero-order chi connectivity index (χ0) is 18.3. The molecule has 3 aliphatic rings. The van der Waals surface area contributed by atoms with Crippen LogP contribution in [0.2, 0.25) is 0 Å². The van der Waals surface area contributed by atoms with E-state index in [9.17, 15) is 9.59 Å². The number of nitrogens with zero attached hydrogens (tertiary/aromatic N) is 1. The quantitative estimate of drug-likeness (QED) is 0.855. The van der Waals surface area contributed by atoms with E-state index in [1.165, 1.54) is 7.11 Å². The fourth-order valence-electron chi connectivity index (χ4n) is 3.74. The van der Waals surface area contributed by atoms with Gasteiger partial charge in [-0.05, 0) is 24.8 Å². The summed E-state index contributed by atoms with van der Waals surface area (Å²) < 4.78 is 22.1. The number of carbonyl (C=O) groups excluding carboxylic acids is 2. The number of methoxy groups -OCH3 is 1. The first kappa shape index (κ1) is 17.0. The Morgan fingerprint density at radius 1 is 1.35 bits per heavy atom. The Morgan fingerprint density at radius 3 is 2.88 bits per heavy atom. The van der Waals surface area contributed by atoms with Crippen molar-refractivity contribution in [1.82, 2.24) is 10.2 Å². The van der Waals surface area contributed by atoms with Gasteiger partial charge in [0.2, 0.25) is 18.4 Å². The van der Waals surface area contributed by atoms with Crippen LogP contribution >= 0.6 is 0 Å². The van der Waals surface area contributed by atoms with E-state index < -0.39 is 6.10 Å². The number of hydrogen-bond acceptors (Lipinski definition) is 6. The molecule has 3 aliphatic heterocycles. The third-order valence-electron chi connectivity index (χ3n) is 5.11. The molecule has 1 aromatic rings. The Kier molecular flexibility index (Phi) is 4.36. The van der Waals surface area contributed by atoms with Crippen molar-refractivity contribution in [2.45, 2.75) is 31.9 Å². The summed E-state index contributed by atoms with van der Waals surface area (Å²) in [5.74, 6) is 1.12. The molecular weight excluding hydrogens is 340 g/mol. The van der Waals surface area contributed by atoms with Crippen molar-refractivity contribution < 1.29 is 28.5 Å². The van der Waals surface area contributed by atoms with E-state index in [4.69, 9.17) is 18.9 Å². The minimum atomic E-state index is -0.401. The SMILES string of the molecule is COc1c2c(c(CNC(=O)C3CCCO3)c3c1C(=O)N(C)CC3)OCO2. The monoisotopic (exact) mass is 362 g/mol. The van der Waals surface area contributed by atoms with Crippen molar-refractivity contribution in [2.24, 2.45) is 0 Å². The molecule has 0 aliphatic carbocycles. The molecule has 26 heavy (non-hydrogen) atoms. The Balaban J connectivity index is 1.71. The Bertz CT molecular complexity index is 757. The van der Waals surface area contributed by atoms with Crippen LogP contribution in [-0.4, -0.2) is 56.9 Å². The minimum Gasteiger partial charge on any atom is -0.492 e. The number of likely N-dealkylation sites (N-methyl/N-ethyl adjacent to an activating group) is 1. The first-order chi connectivity index (χ1) is 12.6. The molecule has 1 unspecified atom stereocenters. The molecule has 1 N–H and O–H groups in total. The molecular formula is C18H22N2O6. The third kappa shape index (κ3) is 2.65. The lowest BCUT2D eigenvalue weighted by Gasteiger charge is -2.29. The van der Waals surface area contributed by atoms with Crippen molar-refractivity contribution in [3.63, 3.8) is 0 Å². The molecule has 1 atom stereocenters. The van der Waals surface area contributed by atoms with E-state index in [1.807, 2.05) is 0 Å². The van der Waals surface area contributed by atoms with Gasteiger partial charge in [-0.3, -0.25) is 9.59 Å². The Labute approximate surface area is 151 Å². The summed E-state index contributed by atoms with van der Waals surface area (Å²) in [6.07, 6.45) is 1.88. The number of benzene rings is 1. The molecule has 2 amide bonds. The highest BCUT2D eigenvalue weighted by Crippen LogP contribution is 2.49. The van der Waals surface area contributed by atoms with Gasteiger partial charge in [0.1, 0.15) is 6.10 Å². The molecule has 8 heteroatoms. The fourth-order valence-corrected chi connectivity index (χ4v) is 3.74. The number of fused-ring (bicyclic) bond motifs is 2. The summed E-state index contributed by atoms with van der Waals surface area (Å²) in [6.45, 7) is 1.53. The maximum atomic E-state index is 12.7. The minimum absolute atomic E-state index is 0.0608. The highest BCUT2D eigenvalue weighted by molar-refractivity contribution is 6.01. The Hall–Kier alpha value is -2.48. The molecule has 0 spiro atoms. The van der Waals surface area contributed by atoms with Crippen LogP contribution in [0.3, 0.4) is 0 Å². The van der Waals surface area contributed by atoms with Crippen LogP contribution in [0.4, 0.5) is 0 Å². The van der Waals surface area contributed by atoms with Gasteiger partial charge in [0.05, 0.1) is 12.7 Å². The largest absolute Gasteiger partial charge is 0.492 e. The van der Waals surface area contributed by atoms with Gasteiger partial charge < -0.3 is 29.2 Å². The summed E-state index contributed by atoms with van der Waals surface area (Å²) in [5.41, 5.74) is 2.12. The molecule has 1 fully saturated rings. The second-order valence-electron chi connectivity index (χ2n) is 6.63. The van der Waals surface area contributed by atoms with Gasteiger partial charge >= 0.3 is 0 Å². The van der Waals surface area contributed by atoms with Crippen LogP contribution in [0.5, 0.6) is 17.2 Å². The zero-order valence-electron chi connectivity index (χ0n) is 14.9. The van der Waals surface area contributed by atoms with Gasteiger partial charge in [-0.25, -0.2) is 0 Å². The van der Waals surface area contributed by atoms with E-state index in [1.54, 1.807) is 11.9 Å². The molecule has 3 heterocycles. The van der Waals surface area contributed by atoms with Gasteiger partial charge in [0, 0.05) is 32.3 Å². The number of rotatable bonds is 4. The summed E-state index contributed by atoms with van der Waals surface area (Å²) in [6, 6.07) is 0. The van der Waals surface area contributed by atoms with E-state index in [2.05, 4.69) is 5.32 Å². The van der Waals surface area contributed by atoms with Crippen LogP contribution in [0.15, 0.2) is 0 Å². The molecule has 4 rings (SSSR count). The van der Waals surface area contributed by atoms with Crippen molar-refractivity contribution in [3.05, 3.63) is 16.7 Å². The first-order valence-electron chi connectivity index (χ1n) is 8.78. The predicted octanol–water partition coefficient (Wildman–Crippen LogP) is 0.847. The van der Waals surface area contributed by atoms with Crippen molar-refractivity contribution in [2.75, 3.05) is 34.1 Å². The fraction of sp³-hybridized carbons (Fsp3) is 0.556. The predicted molar refractivity (Wildman–Crippen MR) is 90.6 cm³/mol. The maximum Gasteiger partial charge on any atom is 0.257 e. The lowest BCUT2D eigenvalue weighted by Crippen LogP contribution is -2.37. The molecule has 0 radical (unpaired) electrons. The van der Waals surface area contributed by atoms with Crippen LogP contribution in [0.1, 0.15) is 34.3 Å². The highest BCUT2D eigenvalue weighted by Gasteiger charge is 2.36. The van der Waals surface area contributed by atoms with Crippen LogP contribution in [0, 0.1) is 0 Å². The average molecular weight is 362 g/mol. The molecule has 0 aromatic heterocycles. The van der Waals surface area contributed by atoms with Gasteiger partial charge in [-0.15, -0.1) is 0 Å². The number of carbonyl (C=O) groups is 2. The zero-order valence-corrected chi connectivity index (χ0v) is 14.9. The van der Waals surface area contributed by atoms with Gasteiger partial charge in [-0.2, -0.15) is 0 Å². The topological polar surface area (TPSA) is 86.3 Å². The normalized spacial score (nSPS) is 20.9. The summed E-state index contributed by atoms with van der Waals surface area (Å²) in [4.78, 5) is 26.7. The number of amides is 2. The average Bonchev–Trinajstić information content (AvgIpc) is 3.33. The lowest BCUT2D eigenvalue weighted by atomic mass is 9.91. The van der Waals surface area contributed by atoms with Gasteiger partial charge in [0.25, 0.3) is 5.91 Å². The van der Waals surface area contributed by atoms with Gasteiger partial charge in [-0.1, -0.05) is 0 Å². The van der Waals surface area contributed by atoms with Gasteiger partial charge in [0.15, 0.2) is 11.5 Å². The molecule has 8 nitrogen and oxygen atoms in total. The van der Waals surface area contributed by atoms with E-state index in [-0.39, 0.29) is 25.2 Å². The maximum absolute atomic E-state index is 12.7. The van der Waals surface area contributed by atoms with Crippen molar-refractivity contribution in [1.29, 1.82) is 0 Å². The molecule has 1 saturated heterocycles. The summed E-state index contributed by atoms with van der Waals surface area (Å²) in [7, 11) is 3.27. The second-order valence-corrected chi connectivity index (χ2v) is 6.63. The number of hydrogen-bond donors (Lipinski definition) is 1. The van der Waals surface area contributed by atoms with Crippen molar-refractivity contribution >= 4 is 11.8 Å². The van der Waals surface area contributed by atoms with Crippen LogP contribution in [-0.2, 0) is 22.5 Å². The first-order valence-corrected chi connectivity index (χ1v) is 8.78. The molecule has 1 aromatic carbocycles. The highest BCUT2D eigenvalue weighted by atomic mass is 16.7. The Morgan fingerprint density at radius 2 is 2.15 bits per heavy atom.